The number of benzene rings is 2. The number of anilines is 1. The number of carbonyl (C=O) groups excluding carboxylic acids is 1. The highest BCUT2D eigenvalue weighted by Gasteiger charge is 2.16. The van der Waals surface area contributed by atoms with Crippen LogP contribution in [0.1, 0.15) is 25.3 Å². The van der Waals surface area contributed by atoms with Crippen LogP contribution >= 0.6 is 0 Å². The van der Waals surface area contributed by atoms with E-state index in [-0.39, 0.29) is 17.4 Å². The first kappa shape index (κ1) is 19.9. The molecule has 0 heterocycles. The number of rotatable bonds is 7. The summed E-state index contributed by atoms with van der Waals surface area (Å²) in [6, 6.07) is 13.6. The monoisotopic (exact) mass is 376 g/mol. The molecule has 0 aliphatic carbocycles. The van der Waals surface area contributed by atoms with Crippen LogP contribution in [0.5, 0.6) is 5.75 Å². The highest BCUT2D eigenvalue weighted by atomic mass is 32.2. The molecule has 0 aliphatic heterocycles. The molecule has 0 unspecified atom stereocenters. The molecule has 0 aliphatic rings. The summed E-state index contributed by atoms with van der Waals surface area (Å²) in [7, 11) is -0.537. The second-order valence-corrected chi connectivity index (χ2v) is 8.52. The van der Waals surface area contributed by atoms with E-state index in [2.05, 4.69) is 19.2 Å². The molecule has 0 atom stereocenters. The first-order chi connectivity index (χ1) is 12.2. The van der Waals surface area contributed by atoms with Crippen LogP contribution in [-0.4, -0.2) is 39.3 Å². The molecule has 0 bridgehead atoms. The van der Waals surface area contributed by atoms with E-state index in [1.54, 1.807) is 0 Å². The minimum absolute atomic E-state index is 0.161. The first-order valence-electron chi connectivity index (χ1n) is 8.25. The van der Waals surface area contributed by atoms with E-state index in [4.69, 9.17) is 4.74 Å². The third-order valence-corrected chi connectivity index (χ3v) is 5.66. The molecular formula is C19H24N2O4S. The second kappa shape index (κ2) is 8.33. The average Bonchev–Trinajstić information content (AvgIpc) is 2.60. The van der Waals surface area contributed by atoms with Gasteiger partial charge in [-0.3, -0.25) is 4.79 Å². The van der Waals surface area contributed by atoms with E-state index in [9.17, 15) is 13.2 Å². The van der Waals surface area contributed by atoms with Gasteiger partial charge in [0.05, 0.1) is 4.90 Å². The lowest BCUT2D eigenvalue weighted by Gasteiger charge is -2.12. The molecular weight excluding hydrogens is 352 g/mol. The fourth-order valence-corrected chi connectivity index (χ4v) is 3.12. The van der Waals surface area contributed by atoms with Gasteiger partial charge in [0.25, 0.3) is 5.91 Å². The molecule has 26 heavy (non-hydrogen) atoms. The van der Waals surface area contributed by atoms with E-state index in [1.165, 1.54) is 43.9 Å². The maximum atomic E-state index is 12.0. The third-order valence-electron chi connectivity index (χ3n) is 3.83. The van der Waals surface area contributed by atoms with Crippen molar-refractivity contribution in [2.45, 2.75) is 24.7 Å². The van der Waals surface area contributed by atoms with Crippen molar-refractivity contribution >= 4 is 21.6 Å². The van der Waals surface area contributed by atoms with Crippen molar-refractivity contribution in [3.63, 3.8) is 0 Å². The van der Waals surface area contributed by atoms with Gasteiger partial charge in [0, 0.05) is 19.8 Å². The fourth-order valence-electron chi connectivity index (χ4n) is 2.22. The number of sulfonamides is 1. The van der Waals surface area contributed by atoms with Crippen molar-refractivity contribution in [3.8, 4) is 5.75 Å². The molecule has 0 radical (unpaired) electrons. The number of hydrogen-bond donors (Lipinski definition) is 1. The van der Waals surface area contributed by atoms with Crippen molar-refractivity contribution in [2.24, 2.45) is 0 Å². The summed E-state index contributed by atoms with van der Waals surface area (Å²) in [6.45, 7) is 4.05. The number of hydrogen-bond acceptors (Lipinski definition) is 4. The van der Waals surface area contributed by atoms with Gasteiger partial charge in [0.1, 0.15) is 5.75 Å². The summed E-state index contributed by atoms with van der Waals surface area (Å²) in [6.07, 6.45) is 0. The van der Waals surface area contributed by atoms with Crippen molar-refractivity contribution in [3.05, 3.63) is 54.1 Å². The summed E-state index contributed by atoms with van der Waals surface area (Å²) in [5.41, 5.74) is 1.91. The molecule has 0 saturated heterocycles. The molecule has 0 fully saturated rings. The van der Waals surface area contributed by atoms with Gasteiger partial charge in [-0.25, -0.2) is 12.7 Å². The standard InChI is InChI=1S/C19H24N2O4S/c1-14(2)15-5-7-16(8-6-15)20-19(22)13-25-17-9-11-18(12-10-17)26(23,24)21(3)4/h5-12,14H,13H2,1-4H3,(H,20,22). The topological polar surface area (TPSA) is 75.7 Å². The van der Waals surface area contributed by atoms with Crippen molar-refractivity contribution < 1.29 is 17.9 Å². The molecule has 2 rings (SSSR count). The van der Waals surface area contributed by atoms with Crippen LogP contribution in [0.15, 0.2) is 53.4 Å². The highest BCUT2D eigenvalue weighted by Crippen LogP contribution is 2.19. The normalized spacial score (nSPS) is 11.6. The molecule has 6 nitrogen and oxygen atoms in total. The quantitative estimate of drug-likeness (QED) is 0.806. The summed E-state index contributed by atoms with van der Waals surface area (Å²) in [5, 5.41) is 2.76. The lowest BCUT2D eigenvalue weighted by atomic mass is 10.0. The summed E-state index contributed by atoms with van der Waals surface area (Å²) < 4.78 is 30.5. The first-order valence-corrected chi connectivity index (χ1v) is 9.69. The van der Waals surface area contributed by atoms with Crippen LogP contribution in [0, 0.1) is 0 Å². The molecule has 2 aromatic rings. The van der Waals surface area contributed by atoms with Gasteiger partial charge in [-0.15, -0.1) is 0 Å². The molecule has 1 amide bonds. The predicted octanol–water partition coefficient (Wildman–Crippen LogP) is 3.08. The maximum absolute atomic E-state index is 12.0. The smallest absolute Gasteiger partial charge is 0.262 e. The number of nitrogens with one attached hydrogen (secondary N) is 1. The van der Waals surface area contributed by atoms with Crippen LogP contribution in [0.2, 0.25) is 0 Å². The van der Waals surface area contributed by atoms with Crippen LogP contribution in [0.4, 0.5) is 5.69 Å². The number of nitrogens with zero attached hydrogens (tertiary/aromatic N) is 1. The molecule has 7 heteroatoms. The Morgan fingerprint density at radius 1 is 1.04 bits per heavy atom. The molecule has 0 spiro atoms. The Balaban J connectivity index is 1.91. The number of ether oxygens (including phenoxy) is 1. The van der Waals surface area contributed by atoms with E-state index >= 15 is 0 Å². The minimum Gasteiger partial charge on any atom is -0.484 e. The summed E-state index contributed by atoms with van der Waals surface area (Å²) in [5.74, 6) is 0.572. The van der Waals surface area contributed by atoms with Crippen LogP contribution in [-0.2, 0) is 14.8 Å². The lowest BCUT2D eigenvalue weighted by molar-refractivity contribution is -0.118. The van der Waals surface area contributed by atoms with E-state index < -0.39 is 10.0 Å². The maximum Gasteiger partial charge on any atom is 0.262 e. The van der Waals surface area contributed by atoms with Crippen molar-refractivity contribution in [2.75, 3.05) is 26.0 Å². The summed E-state index contributed by atoms with van der Waals surface area (Å²) in [4.78, 5) is 12.2. The van der Waals surface area contributed by atoms with E-state index in [1.807, 2.05) is 24.3 Å². The molecule has 140 valence electrons. The minimum atomic E-state index is -3.48. The number of carbonyl (C=O) groups is 1. The molecule has 2 aromatic carbocycles. The van der Waals surface area contributed by atoms with Gasteiger partial charge >= 0.3 is 0 Å². The van der Waals surface area contributed by atoms with Crippen LogP contribution in [0.25, 0.3) is 0 Å². The zero-order valence-electron chi connectivity index (χ0n) is 15.4. The average molecular weight is 376 g/mol. The Morgan fingerprint density at radius 2 is 1.62 bits per heavy atom. The highest BCUT2D eigenvalue weighted by molar-refractivity contribution is 7.89. The van der Waals surface area contributed by atoms with Gasteiger partial charge < -0.3 is 10.1 Å². The SMILES string of the molecule is CC(C)c1ccc(NC(=O)COc2ccc(S(=O)(=O)N(C)C)cc2)cc1. The van der Waals surface area contributed by atoms with Crippen molar-refractivity contribution in [1.29, 1.82) is 0 Å². The predicted molar refractivity (Wildman–Crippen MR) is 102 cm³/mol. The molecule has 1 N–H and O–H groups in total. The van der Waals surface area contributed by atoms with Gasteiger partial charge in [0.15, 0.2) is 6.61 Å². The Bertz CT molecular complexity index is 842. The van der Waals surface area contributed by atoms with Crippen LogP contribution in [0.3, 0.4) is 0 Å². The Hall–Kier alpha value is -2.38. The molecule has 0 saturated carbocycles. The zero-order valence-corrected chi connectivity index (χ0v) is 16.2. The van der Waals surface area contributed by atoms with Gasteiger partial charge in [0.2, 0.25) is 10.0 Å². The second-order valence-electron chi connectivity index (χ2n) is 6.37. The summed E-state index contributed by atoms with van der Waals surface area (Å²) >= 11 is 0. The van der Waals surface area contributed by atoms with Crippen LogP contribution < -0.4 is 10.1 Å². The zero-order chi connectivity index (χ0) is 19.3. The Morgan fingerprint density at radius 3 is 2.12 bits per heavy atom. The van der Waals surface area contributed by atoms with E-state index in [0.29, 0.717) is 17.4 Å². The Labute approximate surface area is 154 Å². The van der Waals surface area contributed by atoms with E-state index in [0.717, 1.165) is 4.31 Å². The largest absolute Gasteiger partial charge is 0.484 e. The van der Waals surface area contributed by atoms with Gasteiger partial charge in [-0.2, -0.15) is 0 Å². The molecule has 0 aromatic heterocycles. The number of amides is 1. The van der Waals surface area contributed by atoms with Gasteiger partial charge in [-0.1, -0.05) is 26.0 Å². The van der Waals surface area contributed by atoms with Gasteiger partial charge in [-0.05, 0) is 47.9 Å². The lowest BCUT2D eigenvalue weighted by Crippen LogP contribution is -2.22. The Kier molecular flexibility index (Phi) is 6.39. The third kappa shape index (κ3) is 5.06. The fraction of sp³-hybridized carbons (Fsp3) is 0.316. The van der Waals surface area contributed by atoms with Crippen molar-refractivity contribution in [1.82, 2.24) is 4.31 Å².